The number of benzene rings is 2. The molecule has 20 heavy (non-hydrogen) atoms. The van der Waals surface area contributed by atoms with Crippen LogP contribution in [0.3, 0.4) is 0 Å². The molecule has 0 saturated heterocycles. The topological polar surface area (TPSA) is 43.1 Å². The van der Waals surface area contributed by atoms with E-state index >= 15 is 0 Å². The van der Waals surface area contributed by atoms with Crippen molar-refractivity contribution in [2.75, 3.05) is 0 Å². The maximum absolute atomic E-state index is 12.3. The van der Waals surface area contributed by atoms with Gasteiger partial charge in [0.1, 0.15) is 0 Å². The molecule has 2 nitrogen and oxygen atoms in total. The summed E-state index contributed by atoms with van der Waals surface area (Å²) < 4.78 is 12.3. The minimum absolute atomic E-state index is 0.465. The molecule has 0 radical (unpaired) electrons. The average Bonchev–Trinajstić information content (AvgIpc) is 2.43. The van der Waals surface area contributed by atoms with E-state index in [1.807, 2.05) is 49.4 Å². The molecule has 1 atom stereocenters. The summed E-state index contributed by atoms with van der Waals surface area (Å²) in [5.41, 5.74) is 9.77. The monoisotopic (exact) mass is 307 g/mol. The van der Waals surface area contributed by atoms with Crippen molar-refractivity contribution in [3.8, 4) is 0 Å². The number of hydrogen-bond donors (Lipinski definition) is 1. The van der Waals surface area contributed by atoms with E-state index in [0.717, 1.165) is 16.7 Å². The maximum Gasteiger partial charge on any atom is 0.0503 e. The van der Waals surface area contributed by atoms with Crippen LogP contribution in [0.25, 0.3) is 0 Å². The molecule has 0 aliphatic rings. The predicted molar refractivity (Wildman–Crippen MR) is 86.1 cm³/mol. The van der Waals surface area contributed by atoms with Gasteiger partial charge in [-0.2, -0.15) is 0 Å². The summed E-state index contributed by atoms with van der Waals surface area (Å²) in [5.74, 6) is 1.03. The van der Waals surface area contributed by atoms with E-state index in [9.17, 15) is 4.21 Å². The third kappa shape index (κ3) is 3.92. The third-order valence-electron chi connectivity index (χ3n) is 3.25. The average molecular weight is 308 g/mol. The van der Waals surface area contributed by atoms with E-state index in [4.69, 9.17) is 17.3 Å². The zero-order valence-corrected chi connectivity index (χ0v) is 13.0. The first kappa shape index (κ1) is 15.2. The Balaban J connectivity index is 2.07. The van der Waals surface area contributed by atoms with Crippen LogP contribution in [0.2, 0.25) is 5.02 Å². The highest BCUT2D eigenvalue weighted by molar-refractivity contribution is 7.83. The highest BCUT2D eigenvalue weighted by atomic mass is 35.5. The maximum atomic E-state index is 12.3. The molecule has 0 saturated carbocycles. The van der Waals surface area contributed by atoms with Crippen LogP contribution in [0.4, 0.5) is 0 Å². The highest BCUT2D eigenvalue weighted by Crippen LogP contribution is 2.21. The third-order valence-corrected chi connectivity index (χ3v) is 4.87. The van der Waals surface area contributed by atoms with Gasteiger partial charge >= 0.3 is 0 Å². The molecule has 0 bridgehead atoms. The normalized spacial score (nSPS) is 12.3. The molecule has 0 heterocycles. The van der Waals surface area contributed by atoms with Crippen LogP contribution in [0, 0.1) is 6.92 Å². The van der Waals surface area contributed by atoms with E-state index in [-0.39, 0.29) is 0 Å². The van der Waals surface area contributed by atoms with Crippen molar-refractivity contribution in [1.29, 1.82) is 0 Å². The zero-order valence-electron chi connectivity index (χ0n) is 11.4. The Morgan fingerprint density at radius 1 is 1.10 bits per heavy atom. The van der Waals surface area contributed by atoms with Gasteiger partial charge in [0.2, 0.25) is 0 Å². The second-order valence-electron chi connectivity index (χ2n) is 4.78. The summed E-state index contributed by atoms with van der Waals surface area (Å²) >= 11 is 6.20. The molecule has 2 aromatic carbocycles. The summed E-state index contributed by atoms with van der Waals surface area (Å²) in [4.78, 5) is 0. The van der Waals surface area contributed by atoms with Crippen molar-refractivity contribution in [2.45, 2.75) is 25.0 Å². The van der Waals surface area contributed by atoms with Crippen molar-refractivity contribution in [1.82, 2.24) is 0 Å². The highest BCUT2D eigenvalue weighted by Gasteiger charge is 2.08. The van der Waals surface area contributed by atoms with Crippen molar-refractivity contribution < 1.29 is 4.21 Å². The summed E-state index contributed by atoms with van der Waals surface area (Å²) in [6, 6.07) is 13.7. The summed E-state index contributed by atoms with van der Waals surface area (Å²) in [5, 5.41) is 0.645. The van der Waals surface area contributed by atoms with Gasteiger partial charge in [0.25, 0.3) is 0 Å². The predicted octanol–water partition coefficient (Wildman–Crippen LogP) is 3.56. The number of aryl methyl sites for hydroxylation is 1. The SMILES string of the molecule is Cc1ccccc1CS(=O)Cc1ccc(CN)cc1Cl. The first-order valence-electron chi connectivity index (χ1n) is 6.47. The molecule has 2 N–H and O–H groups in total. The van der Waals surface area contributed by atoms with Crippen LogP contribution in [0.15, 0.2) is 42.5 Å². The van der Waals surface area contributed by atoms with Crippen molar-refractivity contribution >= 4 is 22.4 Å². The molecule has 0 aliphatic carbocycles. The molecule has 0 aliphatic heterocycles. The molecule has 1 unspecified atom stereocenters. The van der Waals surface area contributed by atoms with E-state index in [1.165, 1.54) is 5.56 Å². The number of halogens is 1. The lowest BCUT2D eigenvalue weighted by Crippen LogP contribution is -2.02. The summed E-state index contributed by atoms with van der Waals surface area (Å²) in [6.07, 6.45) is 0. The first-order chi connectivity index (χ1) is 9.60. The Labute approximate surface area is 127 Å². The van der Waals surface area contributed by atoms with Crippen LogP contribution < -0.4 is 5.73 Å². The van der Waals surface area contributed by atoms with Crippen LogP contribution in [-0.4, -0.2) is 4.21 Å². The van der Waals surface area contributed by atoms with Crippen molar-refractivity contribution in [2.24, 2.45) is 5.73 Å². The van der Waals surface area contributed by atoms with Crippen LogP contribution in [0.1, 0.15) is 22.3 Å². The fraction of sp³-hybridized carbons (Fsp3) is 0.250. The zero-order chi connectivity index (χ0) is 14.5. The van der Waals surface area contributed by atoms with Crippen molar-refractivity contribution in [3.63, 3.8) is 0 Å². The fourth-order valence-corrected chi connectivity index (χ4v) is 3.73. The lowest BCUT2D eigenvalue weighted by atomic mass is 10.1. The number of hydrogen-bond acceptors (Lipinski definition) is 2. The molecule has 106 valence electrons. The lowest BCUT2D eigenvalue weighted by Gasteiger charge is -2.08. The summed E-state index contributed by atoms with van der Waals surface area (Å²) in [7, 11) is -0.967. The second-order valence-corrected chi connectivity index (χ2v) is 6.65. The van der Waals surface area contributed by atoms with Gasteiger partial charge in [0.15, 0.2) is 0 Å². The standard InChI is InChI=1S/C16H18ClNOS/c1-12-4-2-3-5-14(12)10-20(19)11-15-7-6-13(9-18)8-16(15)17/h2-8H,9-11,18H2,1H3. The Morgan fingerprint density at radius 2 is 1.80 bits per heavy atom. The van der Waals surface area contributed by atoms with Gasteiger partial charge in [0, 0.05) is 28.1 Å². The van der Waals surface area contributed by atoms with Gasteiger partial charge in [-0.15, -0.1) is 0 Å². The van der Waals surface area contributed by atoms with E-state index in [0.29, 0.717) is 23.1 Å². The van der Waals surface area contributed by atoms with Gasteiger partial charge in [-0.3, -0.25) is 4.21 Å². The van der Waals surface area contributed by atoms with Crippen LogP contribution in [-0.2, 0) is 28.9 Å². The smallest absolute Gasteiger partial charge is 0.0503 e. The summed E-state index contributed by atoms with van der Waals surface area (Å²) in [6.45, 7) is 2.50. The van der Waals surface area contributed by atoms with Crippen LogP contribution in [0.5, 0.6) is 0 Å². The largest absolute Gasteiger partial charge is 0.326 e. The Kier molecular flexibility index (Phi) is 5.35. The molecular formula is C16H18ClNOS. The van der Waals surface area contributed by atoms with Crippen LogP contribution >= 0.6 is 11.6 Å². The molecule has 2 aromatic rings. The first-order valence-corrected chi connectivity index (χ1v) is 8.33. The van der Waals surface area contributed by atoms with Crippen molar-refractivity contribution in [3.05, 3.63) is 69.7 Å². The van der Waals surface area contributed by atoms with E-state index in [1.54, 1.807) is 0 Å². The molecule has 2 rings (SSSR count). The quantitative estimate of drug-likeness (QED) is 0.918. The minimum Gasteiger partial charge on any atom is -0.326 e. The second kappa shape index (κ2) is 7.02. The van der Waals surface area contributed by atoms with Gasteiger partial charge in [-0.05, 0) is 35.2 Å². The Hall–Kier alpha value is -1.16. The molecule has 4 heteroatoms. The van der Waals surface area contributed by atoms with Gasteiger partial charge < -0.3 is 5.73 Å². The van der Waals surface area contributed by atoms with E-state index < -0.39 is 10.8 Å². The molecular weight excluding hydrogens is 290 g/mol. The molecule has 0 aromatic heterocycles. The number of rotatable bonds is 5. The van der Waals surface area contributed by atoms with Gasteiger partial charge in [-0.1, -0.05) is 48.0 Å². The molecule has 0 fully saturated rings. The number of nitrogens with two attached hydrogens (primary N) is 1. The molecule has 0 spiro atoms. The molecule has 0 amide bonds. The lowest BCUT2D eigenvalue weighted by molar-refractivity contribution is 0.682. The van der Waals surface area contributed by atoms with Gasteiger partial charge in [0.05, 0.1) is 5.75 Å². The Bertz CT molecular complexity index is 628. The van der Waals surface area contributed by atoms with Gasteiger partial charge in [-0.25, -0.2) is 0 Å². The Morgan fingerprint density at radius 3 is 2.45 bits per heavy atom. The van der Waals surface area contributed by atoms with E-state index in [2.05, 4.69) is 0 Å². The fourth-order valence-electron chi connectivity index (χ4n) is 2.00. The minimum atomic E-state index is -0.967.